The molecule has 2 heterocycles. The molecule has 0 saturated carbocycles. The van der Waals surface area contributed by atoms with Crippen LogP contribution in [-0.4, -0.2) is 49.4 Å². The Hall–Kier alpha value is -1.66. The minimum Gasteiger partial charge on any atom is -0.392 e. The summed E-state index contributed by atoms with van der Waals surface area (Å²) in [6, 6.07) is 5.81. The van der Waals surface area contributed by atoms with Gasteiger partial charge in [0.15, 0.2) is 5.65 Å². The fourth-order valence-electron chi connectivity index (χ4n) is 2.24. The molecule has 0 spiro atoms. The SMILES string of the molecule is CC(O)CN(CCn1nc2ccccn2c1=O)C(C)C. The molecule has 0 aliphatic rings. The fraction of sp³-hybridized carbons (Fsp3) is 0.571. The van der Waals surface area contributed by atoms with Crippen LogP contribution in [0.1, 0.15) is 20.8 Å². The van der Waals surface area contributed by atoms with Crippen molar-refractivity contribution in [2.24, 2.45) is 0 Å². The zero-order chi connectivity index (χ0) is 14.7. The molecule has 2 rings (SSSR count). The molecule has 0 bridgehead atoms. The first-order valence-electron chi connectivity index (χ1n) is 6.95. The molecule has 110 valence electrons. The summed E-state index contributed by atoms with van der Waals surface area (Å²) in [5.41, 5.74) is 0.533. The highest BCUT2D eigenvalue weighted by atomic mass is 16.3. The predicted molar refractivity (Wildman–Crippen MR) is 77.8 cm³/mol. The molecule has 1 unspecified atom stereocenters. The Labute approximate surface area is 118 Å². The van der Waals surface area contributed by atoms with Crippen LogP contribution < -0.4 is 5.69 Å². The van der Waals surface area contributed by atoms with Gasteiger partial charge < -0.3 is 5.11 Å². The standard InChI is InChI=1S/C14H22N4O2/c1-11(2)16(10-12(3)19)8-9-18-14(20)17-7-5-4-6-13(17)15-18/h4-7,11-12,19H,8-10H2,1-3H3. The number of nitrogens with zero attached hydrogens (tertiary/aromatic N) is 4. The highest BCUT2D eigenvalue weighted by molar-refractivity contribution is 5.35. The van der Waals surface area contributed by atoms with E-state index in [9.17, 15) is 9.90 Å². The van der Waals surface area contributed by atoms with Crippen molar-refractivity contribution in [2.75, 3.05) is 13.1 Å². The third kappa shape index (κ3) is 3.26. The molecule has 20 heavy (non-hydrogen) atoms. The molecule has 0 radical (unpaired) electrons. The minimum absolute atomic E-state index is 0.124. The van der Waals surface area contributed by atoms with Crippen molar-refractivity contribution >= 4 is 5.65 Å². The molecule has 6 heteroatoms. The Bertz CT molecular complexity index is 615. The molecule has 2 aromatic rings. The van der Waals surface area contributed by atoms with E-state index in [-0.39, 0.29) is 11.8 Å². The van der Waals surface area contributed by atoms with Crippen molar-refractivity contribution in [1.82, 2.24) is 19.1 Å². The second kappa shape index (κ2) is 6.19. The maximum atomic E-state index is 12.1. The van der Waals surface area contributed by atoms with E-state index >= 15 is 0 Å². The van der Waals surface area contributed by atoms with Crippen molar-refractivity contribution in [3.63, 3.8) is 0 Å². The van der Waals surface area contributed by atoms with Crippen LogP contribution in [0.2, 0.25) is 0 Å². The van der Waals surface area contributed by atoms with Gasteiger partial charge in [0, 0.05) is 25.3 Å². The van der Waals surface area contributed by atoms with Crippen LogP contribution in [0.5, 0.6) is 0 Å². The maximum absolute atomic E-state index is 12.1. The molecule has 2 aromatic heterocycles. The summed E-state index contributed by atoms with van der Waals surface area (Å²) in [6.45, 7) is 7.73. The Kier molecular flexibility index (Phi) is 4.57. The second-order valence-corrected chi connectivity index (χ2v) is 5.37. The van der Waals surface area contributed by atoms with Gasteiger partial charge >= 0.3 is 5.69 Å². The monoisotopic (exact) mass is 278 g/mol. The van der Waals surface area contributed by atoms with Gasteiger partial charge in [0.05, 0.1) is 12.6 Å². The summed E-state index contributed by atoms with van der Waals surface area (Å²) in [5, 5.41) is 13.8. The van der Waals surface area contributed by atoms with Crippen LogP contribution in [0.25, 0.3) is 5.65 Å². The predicted octanol–water partition coefficient (Wildman–Crippen LogP) is 0.587. The lowest BCUT2D eigenvalue weighted by molar-refractivity contribution is 0.104. The van der Waals surface area contributed by atoms with Crippen molar-refractivity contribution < 1.29 is 5.11 Å². The Balaban J connectivity index is 2.12. The van der Waals surface area contributed by atoms with Gasteiger partial charge in [-0.05, 0) is 32.9 Å². The summed E-state index contributed by atoms with van der Waals surface area (Å²) in [7, 11) is 0. The fourth-order valence-corrected chi connectivity index (χ4v) is 2.24. The second-order valence-electron chi connectivity index (χ2n) is 5.37. The summed E-state index contributed by atoms with van der Waals surface area (Å²) < 4.78 is 3.02. The van der Waals surface area contributed by atoms with Crippen LogP contribution in [0.15, 0.2) is 29.2 Å². The summed E-state index contributed by atoms with van der Waals surface area (Å²) in [4.78, 5) is 14.3. The van der Waals surface area contributed by atoms with Crippen LogP contribution in [0, 0.1) is 0 Å². The van der Waals surface area contributed by atoms with Gasteiger partial charge in [-0.1, -0.05) is 6.07 Å². The molecule has 1 atom stereocenters. The number of hydrogen-bond acceptors (Lipinski definition) is 4. The number of aliphatic hydroxyl groups is 1. The molecule has 0 amide bonds. The first-order valence-corrected chi connectivity index (χ1v) is 6.95. The molecular formula is C14H22N4O2. The zero-order valence-corrected chi connectivity index (χ0v) is 12.2. The smallest absolute Gasteiger partial charge is 0.350 e. The van der Waals surface area contributed by atoms with Crippen LogP contribution >= 0.6 is 0 Å². The Morgan fingerprint density at radius 3 is 2.70 bits per heavy atom. The first-order chi connectivity index (χ1) is 9.49. The largest absolute Gasteiger partial charge is 0.392 e. The third-order valence-electron chi connectivity index (χ3n) is 3.32. The van der Waals surface area contributed by atoms with Crippen molar-refractivity contribution in [3.8, 4) is 0 Å². The number of rotatable bonds is 6. The quantitative estimate of drug-likeness (QED) is 0.840. The van der Waals surface area contributed by atoms with E-state index in [0.717, 1.165) is 0 Å². The van der Waals surface area contributed by atoms with Gasteiger partial charge in [-0.25, -0.2) is 9.48 Å². The Morgan fingerprint density at radius 1 is 1.35 bits per heavy atom. The number of fused-ring (bicyclic) bond motifs is 1. The number of aromatic nitrogens is 3. The third-order valence-corrected chi connectivity index (χ3v) is 3.32. The number of aliphatic hydroxyl groups excluding tert-OH is 1. The van der Waals surface area contributed by atoms with Gasteiger partial charge in [0.2, 0.25) is 0 Å². The number of hydrogen-bond donors (Lipinski definition) is 1. The summed E-state index contributed by atoms with van der Waals surface area (Å²) in [5.74, 6) is 0. The van der Waals surface area contributed by atoms with E-state index in [1.54, 1.807) is 13.1 Å². The molecular weight excluding hydrogens is 256 g/mol. The van der Waals surface area contributed by atoms with Crippen LogP contribution in [-0.2, 0) is 6.54 Å². The van der Waals surface area contributed by atoms with Crippen molar-refractivity contribution in [2.45, 2.75) is 39.5 Å². The normalized spacial score (nSPS) is 13.5. The van der Waals surface area contributed by atoms with E-state index in [1.165, 1.54) is 9.08 Å². The molecule has 6 nitrogen and oxygen atoms in total. The maximum Gasteiger partial charge on any atom is 0.350 e. The average molecular weight is 278 g/mol. The molecule has 0 aliphatic carbocycles. The van der Waals surface area contributed by atoms with E-state index < -0.39 is 0 Å². The Morgan fingerprint density at radius 2 is 2.10 bits per heavy atom. The topological polar surface area (TPSA) is 62.8 Å². The van der Waals surface area contributed by atoms with Crippen LogP contribution in [0.3, 0.4) is 0 Å². The van der Waals surface area contributed by atoms with Gasteiger partial charge in [-0.15, -0.1) is 5.10 Å². The lowest BCUT2D eigenvalue weighted by Gasteiger charge is -2.27. The van der Waals surface area contributed by atoms with Crippen molar-refractivity contribution in [1.29, 1.82) is 0 Å². The van der Waals surface area contributed by atoms with E-state index in [1.807, 2.05) is 18.2 Å². The van der Waals surface area contributed by atoms with E-state index in [2.05, 4.69) is 23.8 Å². The molecule has 0 aliphatic heterocycles. The van der Waals surface area contributed by atoms with Gasteiger partial charge in [-0.2, -0.15) is 0 Å². The zero-order valence-electron chi connectivity index (χ0n) is 12.2. The van der Waals surface area contributed by atoms with Gasteiger partial charge in [0.25, 0.3) is 0 Å². The number of pyridine rings is 1. The van der Waals surface area contributed by atoms with Gasteiger partial charge in [0.1, 0.15) is 0 Å². The lowest BCUT2D eigenvalue weighted by Crippen LogP contribution is -2.40. The van der Waals surface area contributed by atoms with Gasteiger partial charge in [-0.3, -0.25) is 9.30 Å². The molecule has 0 fully saturated rings. The summed E-state index contributed by atoms with van der Waals surface area (Å²) >= 11 is 0. The first kappa shape index (κ1) is 14.7. The summed E-state index contributed by atoms with van der Waals surface area (Å²) in [6.07, 6.45) is 1.34. The minimum atomic E-state index is -0.379. The molecule has 0 saturated heterocycles. The highest BCUT2D eigenvalue weighted by Crippen LogP contribution is 2.01. The lowest BCUT2D eigenvalue weighted by atomic mass is 10.2. The van der Waals surface area contributed by atoms with Crippen molar-refractivity contribution in [3.05, 3.63) is 34.9 Å². The van der Waals surface area contributed by atoms with Crippen LogP contribution in [0.4, 0.5) is 0 Å². The molecule has 1 N–H and O–H groups in total. The molecule has 0 aromatic carbocycles. The average Bonchev–Trinajstić information content (AvgIpc) is 2.71. The highest BCUT2D eigenvalue weighted by Gasteiger charge is 2.13. The van der Waals surface area contributed by atoms with E-state index in [4.69, 9.17) is 0 Å². The van der Waals surface area contributed by atoms with E-state index in [0.29, 0.717) is 31.3 Å².